The summed E-state index contributed by atoms with van der Waals surface area (Å²) >= 11 is 0. The van der Waals surface area contributed by atoms with Crippen LogP contribution in [0.2, 0.25) is 0 Å². The van der Waals surface area contributed by atoms with Gasteiger partial charge in [-0.05, 0) is 19.2 Å². The standard InChI is InChI=1S/C17H21F2N7O/c1-21-5-10-7-26(8-14(10)27)16-4-12(23-9-24-16)13-6-22-15(25-13)3-2-11(20)17(18)19/h2-4,6,9-10,14,17,20-21,27H,5,7-8H2,1H3,(H,22,25)/b3-2-,20-11?. The number of aliphatic hydroxyl groups excluding tert-OH is 1. The molecule has 0 spiro atoms. The fraction of sp³-hybridized carbons (Fsp3) is 0.412. The Morgan fingerprint density at radius 3 is 3.00 bits per heavy atom. The molecule has 8 nitrogen and oxygen atoms in total. The average Bonchev–Trinajstić information content (AvgIpc) is 3.27. The lowest BCUT2D eigenvalue weighted by atomic mass is 10.1. The number of rotatable bonds is 7. The summed E-state index contributed by atoms with van der Waals surface area (Å²) in [5.74, 6) is 1.17. The van der Waals surface area contributed by atoms with Crippen LogP contribution in [0.4, 0.5) is 14.6 Å². The maximum Gasteiger partial charge on any atom is 0.279 e. The molecule has 1 fully saturated rings. The zero-order valence-corrected chi connectivity index (χ0v) is 14.7. The van der Waals surface area contributed by atoms with Crippen molar-refractivity contribution in [2.75, 3.05) is 31.6 Å². The van der Waals surface area contributed by atoms with E-state index >= 15 is 0 Å². The van der Waals surface area contributed by atoms with Gasteiger partial charge in [-0.2, -0.15) is 0 Å². The topological polar surface area (TPSA) is 114 Å². The largest absolute Gasteiger partial charge is 0.391 e. The molecular formula is C17H21F2N7O. The van der Waals surface area contributed by atoms with Crippen LogP contribution < -0.4 is 10.2 Å². The summed E-state index contributed by atoms with van der Waals surface area (Å²) in [6, 6.07) is 1.79. The molecule has 1 saturated heterocycles. The molecule has 2 unspecified atom stereocenters. The van der Waals surface area contributed by atoms with Crippen LogP contribution in [0.25, 0.3) is 17.5 Å². The number of anilines is 1. The van der Waals surface area contributed by atoms with Crippen molar-refractivity contribution in [3.63, 3.8) is 0 Å². The summed E-state index contributed by atoms with van der Waals surface area (Å²) in [6.45, 7) is 1.90. The number of β-amino-alcohol motifs (C(OH)–C–C–N with tert-alkyl or cyclic N) is 1. The summed E-state index contributed by atoms with van der Waals surface area (Å²) < 4.78 is 24.7. The Morgan fingerprint density at radius 1 is 1.44 bits per heavy atom. The summed E-state index contributed by atoms with van der Waals surface area (Å²) in [7, 11) is 1.85. The summed E-state index contributed by atoms with van der Waals surface area (Å²) in [5, 5.41) is 20.4. The molecule has 2 aromatic heterocycles. The lowest BCUT2D eigenvalue weighted by Crippen LogP contribution is -2.28. The second-order valence-corrected chi connectivity index (χ2v) is 6.32. The Balaban J connectivity index is 1.74. The fourth-order valence-corrected chi connectivity index (χ4v) is 2.96. The lowest BCUT2D eigenvalue weighted by molar-refractivity contribution is 0.148. The minimum absolute atomic E-state index is 0.127. The molecule has 144 valence electrons. The number of aromatic amines is 1. The van der Waals surface area contributed by atoms with Crippen LogP contribution >= 0.6 is 0 Å². The molecule has 3 heterocycles. The molecule has 0 bridgehead atoms. The molecule has 0 saturated carbocycles. The van der Waals surface area contributed by atoms with E-state index < -0.39 is 18.2 Å². The number of nitrogens with zero attached hydrogens (tertiary/aromatic N) is 4. The van der Waals surface area contributed by atoms with Gasteiger partial charge in [0, 0.05) is 31.6 Å². The van der Waals surface area contributed by atoms with Crippen LogP contribution in [-0.2, 0) is 0 Å². The molecule has 0 amide bonds. The molecule has 4 N–H and O–H groups in total. The van der Waals surface area contributed by atoms with Crippen molar-refractivity contribution < 1.29 is 13.9 Å². The quantitative estimate of drug-likeness (QED) is 0.539. The van der Waals surface area contributed by atoms with Gasteiger partial charge in [-0.25, -0.2) is 23.7 Å². The maximum absolute atomic E-state index is 12.3. The molecule has 3 rings (SSSR count). The number of aromatic nitrogens is 4. The van der Waals surface area contributed by atoms with Gasteiger partial charge in [0.1, 0.15) is 18.0 Å². The van der Waals surface area contributed by atoms with Gasteiger partial charge in [-0.3, -0.25) is 5.41 Å². The van der Waals surface area contributed by atoms with E-state index in [-0.39, 0.29) is 5.92 Å². The molecule has 1 aliphatic rings. The number of halogens is 2. The van der Waals surface area contributed by atoms with Crippen molar-refractivity contribution in [2.24, 2.45) is 5.92 Å². The number of allylic oxidation sites excluding steroid dienone is 1. The highest BCUT2D eigenvalue weighted by atomic mass is 19.3. The van der Waals surface area contributed by atoms with Gasteiger partial charge in [0.2, 0.25) is 0 Å². The van der Waals surface area contributed by atoms with Gasteiger partial charge >= 0.3 is 0 Å². The zero-order valence-electron chi connectivity index (χ0n) is 14.7. The Hall–Kier alpha value is -2.72. The van der Waals surface area contributed by atoms with Crippen molar-refractivity contribution in [3.8, 4) is 11.4 Å². The molecule has 0 radical (unpaired) electrons. The number of hydrogen-bond donors (Lipinski definition) is 4. The van der Waals surface area contributed by atoms with Gasteiger partial charge in [-0.15, -0.1) is 0 Å². The molecule has 2 aromatic rings. The highest BCUT2D eigenvalue weighted by Crippen LogP contribution is 2.25. The van der Waals surface area contributed by atoms with Crippen LogP contribution in [0, 0.1) is 11.3 Å². The number of aliphatic hydroxyl groups is 1. The molecule has 1 aliphatic heterocycles. The predicted molar refractivity (Wildman–Crippen MR) is 98.0 cm³/mol. The van der Waals surface area contributed by atoms with E-state index in [1.54, 1.807) is 12.3 Å². The maximum atomic E-state index is 12.3. The number of imidazole rings is 1. The van der Waals surface area contributed by atoms with Crippen molar-refractivity contribution in [1.82, 2.24) is 25.3 Å². The second kappa shape index (κ2) is 8.31. The molecule has 0 aliphatic carbocycles. The number of H-pyrrole nitrogens is 1. The predicted octanol–water partition coefficient (Wildman–Crippen LogP) is 1.18. The van der Waals surface area contributed by atoms with Crippen LogP contribution in [0.15, 0.2) is 24.7 Å². The normalized spacial score (nSPS) is 20.1. The molecular weight excluding hydrogens is 356 g/mol. The van der Waals surface area contributed by atoms with Crippen molar-refractivity contribution >= 4 is 17.6 Å². The number of nitrogens with one attached hydrogen (secondary N) is 3. The first-order valence-corrected chi connectivity index (χ1v) is 8.47. The number of alkyl halides is 2. The van der Waals surface area contributed by atoms with E-state index in [4.69, 9.17) is 5.41 Å². The second-order valence-electron chi connectivity index (χ2n) is 6.32. The van der Waals surface area contributed by atoms with Crippen LogP contribution in [0.1, 0.15) is 5.82 Å². The molecule has 0 aromatic carbocycles. The van der Waals surface area contributed by atoms with E-state index in [1.165, 1.54) is 12.4 Å². The first kappa shape index (κ1) is 19.1. The summed E-state index contributed by atoms with van der Waals surface area (Å²) in [6.07, 6.45) is 2.06. The third-order valence-electron chi connectivity index (χ3n) is 4.38. The Labute approximate surface area is 154 Å². The third kappa shape index (κ3) is 4.52. The van der Waals surface area contributed by atoms with Crippen LogP contribution in [-0.4, -0.2) is 70.0 Å². The molecule has 10 heteroatoms. The molecule has 27 heavy (non-hydrogen) atoms. The highest BCUT2D eigenvalue weighted by Gasteiger charge is 2.31. The SMILES string of the molecule is CNCC1CN(c2cc(-c3cnc(/C=C\C(=N)C(F)F)[nH]3)ncn2)CC1O. The Morgan fingerprint density at radius 2 is 2.26 bits per heavy atom. The molecule has 2 atom stereocenters. The van der Waals surface area contributed by atoms with Crippen LogP contribution in [0.5, 0.6) is 0 Å². The monoisotopic (exact) mass is 377 g/mol. The van der Waals surface area contributed by atoms with Crippen molar-refractivity contribution in [2.45, 2.75) is 12.5 Å². The average molecular weight is 377 g/mol. The number of hydrogen-bond acceptors (Lipinski definition) is 7. The van der Waals surface area contributed by atoms with E-state index in [0.717, 1.165) is 12.6 Å². The van der Waals surface area contributed by atoms with E-state index in [0.29, 0.717) is 36.1 Å². The van der Waals surface area contributed by atoms with Gasteiger partial charge < -0.3 is 20.3 Å². The van der Waals surface area contributed by atoms with Crippen LogP contribution in [0.3, 0.4) is 0 Å². The van der Waals surface area contributed by atoms with Gasteiger partial charge in [0.05, 0.1) is 29.4 Å². The third-order valence-corrected chi connectivity index (χ3v) is 4.38. The summed E-state index contributed by atoms with van der Waals surface area (Å²) in [4.78, 5) is 17.6. The van der Waals surface area contributed by atoms with Gasteiger partial charge in [0.15, 0.2) is 0 Å². The highest BCUT2D eigenvalue weighted by molar-refractivity contribution is 5.97. The summed E-state index contributed by atoms with van der Waals surface area (Å²) in [5.41, 5.74) is 0.428. The van der Waals surface area contributed by atoms with E-state index in [2.05, 4.69) is 25.3 Å². The van der Waals surface area contributed by atoms with Crippen molar-refractivity contribution in [1.29, 1.82) is 5.41 Å². The van der Waals surface area contributed by atoms with Gasteiger partial charge in [-0.1, -0.05) is 0 Å². The van der Waals surface area contributed by atoms with Gasteiger partial charge in [0.25, 0.3) is 6.43 Å². The minimum atomic E-state index is -2.82. The first-order chi connectivity index (χ1) is 13.0. The smallest absolute Gasteiger partial charge is 0.279 e. The Bertz CT molecular complexity index is 823. The van der Waals surface area contributed by atoms with E-state index in [1.807, 2.05) is 11.9 Å². The zero-order chi connectivity index (χ0) is 19.4. The lowest BCUT2D eigenvalue weighted by Gasteiger charge is -2.17. The Kier molecular flexibility index (Phi) is 5.87. The van der Waals surface area contributed by atoms with Crippen molar-refractivity contribution in [3.05, 3.63) is 30.5 Å². The first-order valence-electron chi connectivity index (χ1n) is 8.47. The van der Waals surface area contributed by atoms with E-state index in [9.17, 15) is 13.9 Å². The fourth-order valence-electron chi connectivity index (χ4n) is 2.96. The minimum Gasteiger partial charge on any atom is -0.391 e.